The SMILES string of the molecule is CC(C)Oc1nc(N)nc(NCCCC(=O)NC2CC2)n1. The van der Waals surface area contributed by atoms with Gasteiger partial charge in [0.05, 0.1) is 6.10 Å². The lowest BCUT2D eigenvalue weighted by atomic mass is 10.3. The van der Waals surface area contributed by atoms with Gasteiger partial charge in [0.15, 0.2) is 0 Å². The van der Waals surface area contributed by atoms with Crippen LogP contribution in [0, 0.1) is 0 Å². The third kappa shape index (κ3) is 5.80. The van der Waals surface area contributed by atoms with Crippen molar-refractivity contribution in [3.63, 3.8) is 0 Å². The summed E-state index contributed by atoms with van der Waals surface area (Å²) in [6, 6.07) is 0.607. The number of nitrogens with zero attached hydrogens (tertiary/aromatic N) is 3. The number of hydrogen-bond acceptors (Lipinski definition) is 7. The minimum atomic E-state index is -0.0363. The van der Waals surface area contributed by atoms with E-state index in [4.69, 9.17) is 10.5 Å². The second kappa shape index (κ2) is 7.05. The first kappa shape index (κ1) is 15.3. The molecule has 1 aliphatic rings. The van der Waals surface area contributed by atoms with Crippen LogP contribution in [0.5, 0.6) is 6.01 Å². The largest absolute Gasteiger partial charge is 0.461 e. The van der Waals surface area contributed by atoms with E-state index in [1.165, 1.54) is 0 Å². The molecule has 1 aliphatic carbocycles. The van der Waals surface area contributed by atoms with Crippen LogP contribution in [0.1, 0.15) is 39.5 Å². The molecule has 1 aromatic rings. The Balaban J connectivity index is 1.73. The van der Waals surface area contributed by atoms with E-state index in [-0.39, 0.29) is 24.0 Å². The van der Waals surface area contributed by atoms with Crippen LogP contribution in [-0.2, 0) is 4.79 Å². The minimum Gasteiger partial charge on any atom is -0.461 e. The van der Waals surface area contributed by atoms with Crippen LogP contribution in [0.4, 0.5) is 11.9 Å². The highest BCUT2D eigenvalue weighted by molar-refractivity contribution is 5.76. The Morgan fingerprint density at radius 1 is 1.38 bits per heavy atom. The molecule has 2 rings (SSSR count). The number of anilines is 2. The van der Waals surface area contributed by atoms with Gasteiger partial charge >= 0.3 is 6.01 Å². The van der Waals surface area contributed by atoms with Gasteiger partial charge in [0.2, 0.25) is 17.8 Å². The Kier molecular flexibility index (Phi) is 5.13. The molecule has 8 nitrogen and oxygen atoms in total. The quantitative estimate of drug-likeness (QED) is 0.605. The number of nitrogen functional groups attached to an aromatic ring is 1. The van der Waals surface area contributed by atoms with E-state index in [2.05, 4.69) is 25.6 Å². The summed E-state index contributed by atoms with van der Waals surface area (Å²) < 4.78 is 5.38. The maximum Gasteiger partial charge on any atom is 0.323 e. The van der Waals surface area contributed by atoms with Crippen LogP contribution in [0.15, 0.2) is 0 Å². The number of carbonyl (C=O) groups excluding carboxylic acids is 1. The summed E-state index contributed by atoms with van der Waals surface area (Å²) in [4.78, 5) is 23.5. The summed E-state index contributed by atoms with van der Waals surface area (Å²) >= 11 is 0. The van der Waals surface area contributed by atoms with Crippen LogP contribution in [0.2, 0.25) is 0 Å². The fourth-order valence-corrected chi connectivity index (χ4v) is 1.69. The monoisotopic (exact) mass is 294 g/mol. The summed E-state index contributed by atoms with van der Waals surface area (Å²) in [6.45, 7) is 4.35. The van der Waals surface area contributed by atoms with Crippen LogP contribution >= 0.6 is 0 Å². The van der Waals surface area contributed by atoms with Crippen molar-refractivity contribution in [3.05, 3.63) is 0 Å². The molecule has 0 saturated heterocycles. The average molecular weight is 294 g/mol. The summed E-state index contributed by atoms with van der Waals surface area (Å²) in [5.41, 5.74) is 5.60. The lowest BCUT2D eigenvalue weighted by Crippen LogP contribution is -2.25. The Morgan fingerprint density at radius 2 is 2.14 bits per heavy atom. The van der Waals surface area contributed by atoms with Crippen molar-refractivity contribution in [2.75, 3.05) is 17.6 Å². The van der Waals surface area contributed by atoms with Gasteiger partial charge in [-0.05, 0) is 33.1 Å². The highest BCUT2D eigenvalue weighted by atomic mass is 16.5. The lowest BCUT2D eigenvalue weighted by Gasteiger charge is -2.10. The third-order valence-corrected chi connectivity index (χ3v) is 2.78. The molecule has 1 fully saturated rings. The molecule has 21 heavy (non-hydrogen) atoms. The average Bonchev–Trinajstić information content (AvgIpc) is 3.17. The molecule has 4 N–H and O–H groups in total. The Bertz CT molecular complexity index is 490. The van der Waals surface area contributed by atoms with Gasteiger partial charge in [-0.15, -0.1) is 0 Å². The van der Waals surface area contributed by atoms with E-state index in [0.29, 0.717) is 31.4 Å². The highest BCUT2D eigenvalue weighted by Gasteiger charge is 2.22. The number of aromatic nitrogens is 3. The van der Waals surface area contributed by atoms with E-state index in [1.54, 1.807) is 0 Å². The predicted molar refractivity (Wildman–Crippen MR) is 78.9 cm³/mol. The second-order valence-corrected chi connectivity index (χ2v) is 5.34. The molecular formula is C13H22N6O2. The van der Waals surface area contributed by atoms with E-state index in [1.807, 2.05) is 13.8 Å². The first-order valence-corrected chi connectivity index (χ1v) is 7.24. The van der Waals surface area contributed by atoms with Gasteiger partial charge in [-0.2, -0.15) is 15.0 Å². The summed E-state index contributed by atoms with van der Waals surface area (Å²) in [5, 5.41) is 5.97. The van der Waals surface area contributed by atoms with Crippen LogP contribution in [0.3, 0.4) is 0 Å². The molecule has 0 spiro atoms. The standard InChI is InChI=1S/C13H22N6O2/c1-8(2)21-13-18-11(14)17-12(19-13)15-7-3-4-10(20)16-9-5-6-9/h8-9H,3-7H2,1-2H3,(H,16,20)(H3,14,15,17,18,19). The molecule has 1 aromatic heterocycles. The molecule has 0 radical (unpaired) electrons. The summed E-state index contributed by atoms with van der Waals surface area (Å²) in [7, 11) is 0. The zero-order valence-corrected chi connectivity index (χ0v) is 12.4. The Hall–Kier alpha value is -2.12. The molecule has 0 atom stereocenters. The van der Waals surface area contributed by atoms with Crippen molar-refractivity contribution in [2.45, 2.75) is 51.7 Å². The van der Waals surface area contributed by atoms with Crippen molar-refractivity contribution in [1.82, 2.24) is 20.3 Å². The number of nitrogens with one attached hydrogen (secondary N) is 2. The molecule has 0 aromatic carbocycles. The van der Waals surface area contributed by atoms with Crippen molar-refractivity contribution >= 4 is 17.8 Å². The fourth-order valence-electron chi connectivity index (χ4n) is 1.69. The number of ether oxygens (including phenoxy) is 1. The number of nitrogens with two attached hydrogens (primary N) is 1. The molecule has 0 bridgehead atoms. The summed E-state index contributed by atoms with van der Waals surface area (Å²) in [5.74, 6) is 0.564. The van der Waals surface area contributed by atoms with E-state index >= 15 is 0 Å². The van der Waals surface area contributed by atoms with Crippen molar-refractivity contribution in [3.8, 4) is 6.01 Å². The number of amides is 1. The number of rotatable bonds is 8. The van der Waals surface area contributed by atoms with Gasteiger partial charge in [0, 0.05) is 19.0 Å². The molecule has 116 valence electrons. The molecular weight excluding hydrogens is 272 g/mol. The van der Waals surface area contributed by atoms with Gasteiger partial charge < -0.3 is 21.1 Å². The normalized spacial score (nSPS) is 14.0. The Labute approximate surface area is 123 Å². The zero-order valence-electron chi connectivity index (χ0n) is 12.4. The highest BCUT2D eigenvalue weighted by Crippen LogP contribution is 2.18. The van der Waals surface area contributed by atoms with Gasteiger partial charge in [-0.3, -0.25) is 4.79 Å². The number of carbonyl (C=O) groups is 1. The molecule has 1 heterocycles. The molecule has 1 saturated carbocycles. The smallest absolute Gasteiger partial charge is 0.323 e. The van der Waals surface area contributed by atoms with Gasteiger partial charge in [-0.1, -0.05) is 0 Å². The molecule has 0 aliphatic heterocycles. The van der Waals surface area contributed by atoms with E-state index in [0.717, 1.165) is 12.8 Å². The zero-order chi connectivity index (χ0) is 15.2. The van der Waals surface area contributed by atoms with Crippen molar-refractivity contribution in [2.24, 2.45) is 0 Å². The maximum atomic E-state index is 11.5. The van der Waals surface area contributed by atoms with Crippen LogP contribution in [-0.4, -0.2) is 39.5 Å². The summed E-state index contributed by atoms with van der Waals surface area (Å²) in [6.07, 6.45) is 3.36. The van der Waals surface area contributed by atoms with Crippen LogP contribution < -0.4 is 21.1 Å². The molecule has 8 heteroatoms. The number of hydrogen-bond donors (Lipinski definition) is 3. The topological polar surface area (TPSA) is 115 Å². The van der Waals surface area contributed by atoms with E-state index in [9.17, 15) is 4.79 Å². The van der Waals surface area contributed by atoms with Gasteiger partial charge in [-0.25, -0.2) is 0 Å². The molecule has 0 unspecified atom stereocenters. The van der Waals surface area contributed by atoms with Crippen LogP contribution in [0.25, 0.3) is 0 Å². The Morgan fingerprint density at radius 3 is 2.81 bits per heavy atom. The first-order valence-electron chi connectivity index (χ1n) is 7.24. The first-order chi connectivity index (χ1) is 10.0. The van der Waals surface area contributed by atoms with Crippen molar-refractivity contribution < 1.29 is 9.53 Å². The second-order valence-electron chi connectivity index (χ2n) is 5.34. The lowest BCUT2D eigenvalue weighted by molar-refractivity contribution is -0.121. The van der Waals surface area contributed by atoms with Crippen molar-refractivity contribution in [1.29, 1.82) is 0 Å². The van der Waals surface area contributed by atoms with Gasteiger partial charge in [0.1, 0.15) is 0 Å². The van der Waals surface area contributed by atoms with Gasteiger partial charge in [0.25, 0.3) is 0 Å². The fraction of sp³-hybridized carbons (Fsp3) is 0.692. The predicted octanol–water partition coefficient (Wildman–Crippen LogP) is 0.712. The third-order valence-electron chi connectivity index (χ3n) is 2.78. The van der Waals surface area contributed by atoms with E-state index < -0.39 is 0 Å². The molecule has 1 amide bonds. The minimum absolute atomic E-state index is 0.0363. The maximum absolute atomic E-state index is 11.5.